The number of rotatable bonds is 6. The summed E-state index contributed by atoms with van der Waals surface area (Å²) in [6.45, 7) is 1.64. The van der Waals surface area contributed by atoms with Crippen LogP contribution in [0.1, 0.15) is 49.5 Å². The summed E-state index contributed by atoms with van der Waals surface area (Å²) in [5, 5.41) is 0.691. The van der Waals surface area contributed by atoms with E-state index in [9.17, 15) is 9.59 Å². The molecule has 3 rings (SSSR count). The standard InChI is InChI=1S/C21H27N3O3S/c1-15(19(25)23(2)16-10-6-4-7-11-16)27-20(26)18-14-22-21(28-3)24(18)17-12-8-5-9-13-17/h5,8-9,12-16H,4,6-7,10-11H2,1-3H3. The van der Waals surface area contributed by atoms with E-state index < -0.39 is 12.1 Å². The van der Waals surface area contributed by atoms with Crippen LogP contribution in [0.3, 0.4) is 0 Å². The Balaban J connectivity index is 1.74. The van der Waals surface area contributed by atoms with E-state index in [1.807, 2.05) is 43.6 Å². The highest BCUT2D eigenvalue weighted by atomic mass is 32.2. The van der Waals surface area contributed by atoms with E-state index in [-0.39, 0.29) is 11.9 Å². The van der Waals surface area contributed by atoms with Gasteiger partial charge in [0.25, 0.3) is 5.91 Å². The lowest BCUT2D eigenvalue weighted by molar-refractivity contribution is -0.141. The van der Waals surface area contributed by atoms with Crippen molar-refractivity contribution in [1.82, 2.24) is 14.5 Å². The van der Waals surface area contributed by atoms with Crippen molar-refractivity contribution in [2.24, 2.45) is 0 Å². The highest BCUT2D eigenvalue weighted by Crippen LogP contribution is 2.24. The van der Waals surface area contributed by atoms with Crippen molar-refractivity contribution >= 4 is 23.6 Å². The SMILES string of the molecule is CSc1ncc(C(=O)OC(C)C(=O)N(C)C2CCCCC2)n1-c1ccccc1. The number of para-hydroxylation sites is 1. The number of nitrogens with zero attached hydrogens (tertiary/aromatic N) is 3. The minimum Gasteiger partial charge on any atom is -0.448 e. The average molecular weight is 402 g/mol. The fourth-order valence-corrected chi connectivity index (χ4v) is 4.20. The van der Waals surface area contributed by atoms with E-state index in [4.69, 9.17) is 4.74 Å². The lowest BCUT2D eigenvalue weighted by Crippen LogP contribution is -2.44. The van der Waals surface area contributed by atoms with E-state index in [1.165, 1.54) is 24.4 Å². The molecule has 1 heterocycles. The second-order valence-corrected chi connectivity index (χ2v) is 7.86. The van der Waals surface area contributed by atoms with Crippen LogP contribution in [0, 0.1) is 0 Å². The maximum atomic E-state index is 12.8. The fourth-order valence-electron chi connectivity index (χ4n) is 3.66. The minimum atomic E-state index is -0.837. The molecule has 0 bridgehead atoms. The van der Waals surface area contributed by atoms with Crippen LogP contribution in [0.5, 0.6) is 0 Å². The fraction of sp³-hybridized carbons (Fsp3) is 0.476. The Labute approximate surface area is 170 Å². The molecule has 2 aromatic rings. The first-order chi connectivity index (χ1) is 13.5. The number of esters is 1. The molecule has 1 fully saturated rings. The predicted octanol–water partition coefficient (Wildman–Crippen LogP) is 3.93. The van der Waals surface area contributed by atoms with Gasteiger partial charge in [-0.3, -0.25) is 9.36 Å². The number of aromatic nitrogens is 2. The molecule has 1 saturated carbocycles. The lowest BCUT2D eigenvalue weighted by atomic mass is 9.94. The zero-order valence-electron chi connectivity index (χ0n) is 16.6. The Kier molecular flexibility index (Phi) is 6.78. The highest BCUT2D eigenvalue weighted by Gasteiger charge is 2.29. The molecular formula is C21H27N3O3S. The third-order valence-corrected chi connectivity index (χ3v) is 5.89. The van der Waals surface area contributed by atoms with Gasteiger partial charge in [0.05, 0.1) is 6.20 Å². The van der Waals surface area contributed by atoms with Crippen molar-refractivity contribution in [3.05, 3.63) is 42.2 Å². The van der Waals surface area contributed by atoms with Gasteiger partial charge in [-0.15, -0.1) is 0 Å². The van der Waals surface area contributed by atoms with Crippen LogP contribution in [-0.4, -0.2) is 51.8 Å². The number of carbonyl (C=O) groups excluding carboxylic acids is 2. The summed E-state index contributed by atoms with van der Waals surface area (Å²) >= 11 is 1.45. The first kappa shape index (κ1) is 20.5. The number of hydrogen-bond acceptors (Lipinski definition) is 5. The molecule has 0 N–H and O–H groups in total. The number of amides is 1. The van der Waals surface area contributed by atoms with Gasteiger partial charge in [-0.05, 0) is 38.2 Å². The van der Waals surface area contributed by atoms with E-state index >= 15 is 0 Å². The summed E-state index contributed by atoms with van der Waals surface area (Å²) in [5.41, 5.74) is 1.14. The van der Waals surface area contributed by atoms with Gasteiger partial charge in [-0.25, -0.2) is 9.78 Å². The summed E-state index contributed by atoms with van der Waals surface area (Å²) in [4.78, 5) is 31.6. The molecule has 0 aliphatic heterocycles. The Morgan fingerprint density at radius 3 is 2.54 bits per heavy atom. The largest absolute Gasteiger partial charge is 0.448 e. The van der Waals surface area contributed by atoms with Crippen molar-refractivity contribution in [2.75, 3.05) is 13.3 Å². The van der Waals surface area contributed by atoms with Crippen LogP contribution >= 0.6 is 11.8 Å². The molecule has 1 aliphatic carbocycles. The first-order valence-corrected chi connectivity index (χ1v) is 10.9. The highest BCUT2D eigenvalue weighted by molar-refractivity contribution is 7.98. The smallest absolute Gasteiger partial charge is 0.357 e. The summed E-state index contributed by atoms with van der Waals surface area (Å²) in [6, 6.07) is 9.77. The Morgan fingerprint density at radius 2 is 1.89 bits per heavy atom. The van der Waals surface area contributed by atoms with Gasteiger partial charge in [0, 0.05) is 18.8 Å². The molecule has 0 spiro atoms. The second kappa shape index (κ2) is 9.28. The molecule has 6 nitrogen and oxygen atoms in total. The van der Waals surface area contributed by atoms with Crippen LogP contribution < -0.4 is 0 Å². The number of benzene rings is 1. The number of imidazole rings is 1. The molecule has 1 aliphatic rings. The molecular weight excluding hydrogens is 374 g/mol. The van der Waals surface area contributed by atoms with Crippen molar-refractivity contribution in [2.45, 2.75) is 56.3 Å². The Bertz CT molecular complexity index is 816. The summed E-state index contributed by atoms with van der Waals surface area (Å²) < 4.78 is 7.29. The van der Waals surface area contributed by atoms with Crippen LogP contribution in [0.2, 0.25) is 0 Å². The number of ether oxygens (including phenoxy) is 1. The van der Waals surface area contributed by atoms with Crippen LogP contribution in [0.4, 0.5) is 0 Å². The number of thioether (sulfide) groups is 1. The minimum absolute atomic E-state index is 0.156. The molecule has 0 saturated heterocycles. The molecule has 150 valence electrons. The molecule has 28 heavy (non-hydrogen) atoms. The van der Waals surface area contributed by atoms with E-state index in [0.29, 0.717) is 10.9 Å². The van der Waals surface area contributed by atoms with Crippen molar-refractivity contribution < 1.29 is 14.3 Å². The topological polar surface area (TPSA) is 64.4 Å². The zero-order valence-corrected chi connectivity index (χ0v) is 17.4. The Hall–Kier alpha value is -2.28. The van der Waals surface area contributed by atoms with Gasteiger partial charge >= 0.3 is 5.97 Å². The number of likely N-dealkylation sites (N-methyl/N-ethyl adjacent to an activating group) is 1. The van der Waals surface area contributed by atoms with Crippen LogP contribution in [0.25, 0.3) is 5.69 Å². The van der Waals surface area contributed by atoms with E-state index in [1.54, 1.807) is 16.4 Å². The summed E-state index contributed by atoms with van der Waals surface area (Å²) in [7, 11) is 1.81. The van der Waals surface area contributed by atoms with Gasteiger partial charge < -0.3 is 9.64 Å². The van der Waals surface area contributed by atoms with Gasteiger partial charge in [0.15, 0.2) is 17.0 Å². The van der Waals surface area contributed by atoms with Crippen molar-refractivity contribution in [3.8, 4) is 5.69 Å². The van der Waals surface area contributed by atoms with Crippen molar-refractivity contribution in [1.29, 1.82) is 0 Å². The van der Waals surface area contributed by atoms with Gasteiger partial charge in [-0.2, -0.15) is 0 Å². The molecule has 1 aromatic heterocycles. The molecule has 1 aromatic carbocycles. The molecule has 0 radical (unpaired) electrons. The Morgan fingerprint density at radius 1 is 1.21 bits per heavy atom. The normalized spacial score (nSPS) is 15.8. The van der Waals surface area contributed by atoms with E-state index in [2.05, 4.69) is 4.98 Å². The zero-order chi connectivity index (χ0) is 20.1. The maximum Gasteiger partial charge on any atom is 0.357 e. The third kappa shape index (κ3) is 4.41. The quantitative estimate of drug-likeness (QED) is 0.542. The predicted molar refractivity (Wildman–Crippen MR) is 110 cm³/mol. The lowest BCUT2D eigenvalue weighted by Gasteiger charge is -2.32. The number of carbonyl (C=O) groups is 2. The van der Waals surface area contributed by atoms with Crippen LogP contribution in [-0.2, 0) is 9.53 Å². The van der Waals surface area contributed by atoms with Crippen LogP contribution in [0.15, 0.2) is 41.7 Å². The summed E-state index contributed by atoms with van der Waals surface area (Å²) in [6.07, 6.45) is 8.11. The first-order valence-electron chi connectivity index (χ1n) is 9.67. The van der Waals surface area contributed by atoms with Crippen molar-refractivity contribution in [3.63, 3.8) is 0 Å². The third-order valence-electron chi connectivity index (χ3n) is 5.24. The molecule has 1 amide bonds. The van der Waals surface area contributed by atoms with E-state index in [0.717, 1.165) is 31.4 Å². The maximum absolute atomic E-state index is 12.8. The van der Waals surface area contributed by atoms with Gasteiger partial charge in [-0.1, -0.05) is 49.2 Å². The monoisotopic (exact) mass is 401 g/mol. The molecule has 1 atom stereocenters. The number of hydrogen-bond donors (Lipinski definition) is 0. The summed E-state index contributed by atoms with van der Waals surface area (Å²) in [5.74, 6) is -0.703. The average Bonchev–Trinajstić information content (AvgIpc) is 3.18. The molecule has 7 heteroatoms. The van der Waals surface area contributed by atoms with Gasteiger partial charge in [0.1, 0.15) is 0 Å². The second-order valence-electron chi connectivity index (χ2n) is 7.09. The molecule has 1 unspecified atom stereocenters. The van der Waals surface area contributed by atoms with Gasteiger partial charge in [0.2, 0.25) is 0 Å².